The summed E-state index contributed by atoms with van der Waals surface area (Å²) in [5.41, 5.74) is 2.25. The van der Waals surface area contributed by atoms with Crippen molar-refractivity contribution in [2.75, 3.05) is 0 Å². The van der Waals surface area contributed by atoms with E-state index in [9.17, 15) is 10.2 Å². The number of nitrogens with zero attached hydrogens (tertiary/aromatic N) is 1. The van der Waals surface area contributed by atoms with Gasteiger partial charge in [-0.2, -0.15) is 0 Å². The van der Waals surface area contributed by atoms with Gasteiger partial charge in [0.25, 0.3) is 0 Å². The molecule has 3 nitrogen and oxygen atoms in total. The second-order valence-corrected chi connectivity index (χ2v) is 6.24. The van der Waals surface area contributed by atoms with Gasteiger partial charge in [0.05, 0.1) is 0 Å². The van der Waals surface area contributed by atoms with Crippen LogP contribution >= 0.6 is 0 Å². The molecule has 0 atom stereocenters. The molecule has 0 aliphatic heterocycles. The van der Waals surface area contributed by atoms with Crippen LogP contribution in [0, 0.1) is 0 Å². The van der Waals surface area contributed by atoms with Crippen molar-refractivity contribution in [1.82, 2.24) is 4.98 Å². The van der Waals surface area contributed by atoms with Crippen molar-refractivity contribution in [3.63, 3.8) is 0 Å². The number of aliphatic hydroxyl groups is 2. The molecule has 3 aromatic rings. The van der Waals surface area contributed by atoms with Crippen molar-refractivity contribution in [2.45, 2.75) is 5.79 Å². The van der Waals surface area contributed by atoms with Gasteiger partial charge in [-0.05, 0) is 0 Å². The van der Waals surface area contributed by atoms with Gasteiger partial charge in [-0.25, -0.2) is 0 Å². The molecule has 20 heavy (non-hydrogen) atoms. The molecule has 0 unspecified atom stereocenters. The predicted molar refractivity (Wildman–Crippen MR) is 78.3 cm³/mol. The molecule has 0 aliphatic carbocycles. The number of rotatable bonds is 3. The molecule has 0 spiro atoms. The summed E-state index contributed by atoms with van der Waals surface area (Å²) in [6.45, 7) is 0. The van der Waals surface area contributed by atoms with Crippen molar-refractivity contribution in [3.05, 3.63) is 75.7 Å². The van der Waals surface area contributed by atoms with Crippen LogP contribution in [0.4, 0.5) is 0 Å². The fourth-order valence-corrected chi connectivity index (χ4v) is 3.74. The molecule has 3 rings (SSSR count). The molecular formula is C16H13NO2Se. The van der Waals surface area contributed by atoms with E-state index in [1.807, 2.05) is 41.3 Å². The number of hydrogen-bond acceptors (Lipinski definition) is 3. The number of hydrogen-bond donors (Lipinski definition) is 2. The van der Waals surface area contributed by atoms with Gasteiger partial charge in [0.2, 0.25) is 0 Å². The van der Waals surface area contributed by atoms with Gasteiger partial charge in [-0.15, -0.1) is 0 Å². The molecular weight excluding hydrogens is 317 g/mol. The van der Waals surface area contributed by atoms with E-state index in [1.54, 1.807) is 24.3 Å². The Bertz CT molecular complexity index is 693. The van der Waals surface area contributed by atoms with Crippen LogP contribution in [-0.4, -0.2) is 29.7 Å². The molecule has 0 aliphatic rings. The molecule has 0 fully saturated rings. The van der Waals surface area contributed by atoms with E-state index < -0.39 is 5.79 Å². The van der Waals surface area contributed by atoms with Crippen LogP contribution in [0.3, 0.4) is 0 Å². The third-order valence-corrected chi connectivity index (χ3v) is 5.02. The molecule has 0 amide bonds. The molecule has 2 N–H and O–H groups in total. The Morgan fingerprint density at radius 2 is 1.45 bits per heavy atom. The summed E-state index contributed by atoms with van der Waals surface area (Å²) in [4.78, 5) is 6.39. The average Bonchev–Trinajstić information content (AvgIpc) is 3.00. The zero-order valence-corrected chi connectivity index (χ0v) is 12.3. The van der Waals surface area contributed by atoms with Crippen molar-refractivity contribution in [1.29, 1.82) is 0 Å². The first-order valence-corrected chi connectivity index (χ1v) is 8.04. The van der Waals surface area contributed by atoms with E-state index in [2.05, 4.69) is 4.98 Å². The van der Waals surface area contributed by atoms with E-state index in [1.165, 1.54) is 0 Å². The average molecular weight is 330 g/mol. The molecule has 2 aromatic carbocycles. The summed E-state index contributed by atoms with van der Waals surface area (Å²) < 4.78 is 0.412. The van der Waals surface area contributed by atoms with Gasteiger partial charge in [0, 0.05) is 0 Å². The summed E-state index contributed by atoms with van der Waals surface area (Å²) in [7, 11) is 0. The van der Waals surface area contributed by atoms with Gasteiger partial charge in [0.15, 0.2) is 0 Å². The summed E-state index contributed by atoms with van der Waals surface area (Å²) in [6, 6.07) is 18.6. The fourth-order valence-electron chi connectivity index (χ4n) is 1.97. The Labute approximate surface area is 122 Å². The molecule has 0 saturated heterocycles. The summed E-state index contributed by atoms with van der Waals surface area (Å²) in [6.07, 6.45) is 0. The fraction of sp³-hybridized carbons (Fsp3) is 0.0625. The van der Waals surface area contributed by atoms with Gasteiger partial charge in [-0.3, -0.25) is 0 Å². The van der Waals surface area contributed by atoms with E-state index >= 15 is 0 Å². The van der Waals surface area contributed by atoms with E-state index in [4.69, 9.17) is 0 Å². The summed E-state index contributed by atoms with van der Waals surface area (Å²) >= 11 is -0.162. The first-order chi connectivity index (χ1) is 9.68. The first kappa shape index (κ1) is 13.3. The molecule has 4 heteroatoms. The Balaban J connectivity index is 1.98. The van der Waals surface area contributed by atoms with Gasteiger partial charge in [-0.1, -0.05) is 0 Å². The predicted octanol–water partition coefficient (Wildman–Crippen LogP) is 1.99. The van der Waals surface area contributed by atoms with Crippen LogP contribution in [0.15, 0.2) is 65.6 Å². The van der Waals surface area contributed by atoms with Crippen LogP contribution in [-0.2, 0) is 5.79 Å². The molecule has 1 heterocycles. The normalized spacial score (nSPS) is 11.5. The maximum absolute atomic E-state index is 10.4. The second-order valence-electron chi connectivity index (χ2n) is 4.44. The molecule has 1 aromatic heterocycles. The second kappa shape index (κ2) is 5.35. The SMILES string of the molecule is OC(O)(c1ccccc1)c1nc(-c2ccccc2)c[se]1. The molecule has 100 valence electrons. The number of aromatic nitrogens is 1. The van der Waals surface area contributed by atoms with Crippen LogP contribution in [0.25, 0.3) is 11.3 Å². The van der Waals surface area contributed by atoms with Crippen LogP contribution < -0.4 is 0 Å². The topological polar surface area (TPSA) is 53.4 Å². The molecule has 0 bridgehead atoms. The van der Waals surface area contributed by atoms with Crippen molar-refractivity contribution in [2.24, 2.45) is 0 Å². The molecule has 0 radical (unpaired) electrons. The minimum absolute atomic E-state index is 0.162. The summed E-state index contributed by atoms with van der Waals surface area (Å²) in [5, 5.41) is 20.7. The Kier molecular flexibility index (Phi) is 3.55. The zero-order chi connectivity index (χ0) is 14.0. The first-order valence-electron chi connectivity index (χ1n) is 6.19. The minimum atomic E-state index is -1.99. The zero-order valence-electron chi connectivity index (χ0n) is 10.6. The Morgan fingerprint density at radius 3 is 2.10 bits per heavy atom. The van der Waals surface area contributed by atoms with E-state index in [0.29, 0.717) is 10.1 Å². The Morgan fingerprint density at radius 1 is 0.850 bits per heavy atom. The third kappa shape index (κ3) is 2.47. The van der Waals surface area contributed by atoms with Crippen LogP contribution in [0.5, 0.6) is 0 Å². The van der Waals surface area contributed by atoms with Crippen molar-refractivity contribution < 1.29 is 10.2 Å². The van der Waals surface area contributed by atoms with Gasteiger partial charge < -0.3 is 0 Å². The third-order valence-electron chi connectivity index (χ3n) is 3.05. The van der Waals surface area contributed by atoms with Gasteiger partial charge >= 0.3 is 122 Å². The van der Waals surface area contributed by atoms with E-state index in [0.717, 1.165) is 11.3 Å². The standard InChI is InChI=1S/C16H13NO2Se/c18-16(19,13-9-5-2-6-10-13)15-17-14(11-20-15)12-7-3-1-4-8-12/h1-11,18-19H. The molecule has 0 saturated carbocycles. The maximum atomic E-state index is 10.4. The van der Waals surface area contributed by atoms with Crippen LogP contribution in [0.2, 0.25) is 0 Å². The van der Waals surface area contributed by atoms with E-state index in [-0.39, 0.29) is 14.5 Å². The van der Waals surface area contributed by atoms with Gasteiger partial charge in [0.1, 0.15) is 0 Å². The Hall–Kier alpha value is -1.71. The number of benzene rings is 2. The summed E-state index contributed by atoms with van der Waals surface area (Å²) in [5.74, 6) is -1.99. The van der Waals surface area contributed by atoms with Crippen molar-refractivity contribution in [3.8, 4) is 11.3 Å². The van der Waals surface area contributed by atoms with Crippen molar-refractivity contribution >= 4 is 14.5 Å². The van der Waals surface area contributed by atoms with Crippen LogP contribution in [0.1, 0.15) is 10.1 Å². The monoisotopic (exact) mass is 331 g/mol. The quantitative estimate of drug-likeness (QED) is 0.570.